The molecule has 0 unspecified atom stereocenters. The molecule has 2 atom stereocenters. The Morgan fingerprint density at radius 3 is 1.41 bits per heavy atom. The predicted octanol–water partition coefficient (Wildman–Crippen LogP) is 9.65. The predicted molar refractivity (Wildman–Crippen MR) is 328 cm³/mol. The maximum absolute atomic E-state index is 14.4. The number of rotatable bonds is 14. The molecule has 4 aromatic carbocycles. The van der Waals surface area contributed by atoms with Gasteiger partial charge >= 0.3 is 5.97 Å². The molecule has 0 aliphatic carbocycles. The van der Waals surface area contributed by atoms with Gasteiger partial charge in [0.15, 0.2) is 0 Å². The lowest BCUT2D eigenvalue weighted by Gasteiger charge is -2.38. The number of para-hydroxylation sites is 2. The molecule has 26 heteroatoms. The highest BCUT2D eigenvalue weighted by molar-refractivity contribution is 6.00. The molecule has 0 spiro atoms. The summed E-state index contributed by atoms with van der Waals surface area (Å²) in [6, 6.07) is 39.5. The molecule has 21 nitrogen and oxygen atoms in total. The number of anilines is 4. The van der Waals surface area contributed by atoms with Gasteiger partial charge in [0.25, 0.3) is 28.9 Å². The van der Waals surface area contributed by atoms with Gasteiger partial charge in [0.05, 0.1) is 63.3 Å². The number of likely N-dealkylation sites (tertiary alicyclic amines) is 1. The molecular weight excluding hydrogens is 1160 g/mol. The summed E-state index contributed by atoms with van der Waals surface area (Å²) in [5.74, 6) is -6.33. The monoisotopic (exact) mass is 1220 g/mol. The molecule has 0 radical (unpaired) electrons. The minimum Gasteiger partial charge on any atom is -0.481 e. The normalized spacial score (nSPS) is 14.2. The number of alkyl halides is 4. The smallest absolute Gasteiger partial charge is 0.341 e. The van der Waals surface area contributed by atoms with Crippen molar-refractivity contribution in [1.82, 2.24) is 49.3 Å². The minimum atomic E-state index is -2.93. The summed E-state index contributed by atoms with van der Waals surface area (Å²) in [5, 5.41) is 20.8. The van der Waals surface area contributed by atoms with Gasteiger partial charge in [-0.2, -0.15) is 9.97 Å². The fraction of sp³-hybridized carbons (Fsp3) is 0.194. The zero-order chi connectivity index (χ0) is 61.7. The quantitative estimate of drug-likeness (QED) is 0.0552. The zero-order valence-corrected chi connectivity index (χ0v) is 48.3. The third-order valence-electron chi connectivity index (χ3n) is 14.3. The van der Waals surface area contributed by atoms with Crippen LogP contribution in [-0.2, 0) is 0 Å². The number of benzene rings is 4. The molecule has 12 rings (SSSR count). The number of aromatic carboxylic acids is 1. The third kappa shape index (κ3) is 13.3. The first-order valence-electron chi connectivity index (χ1n) is 27.0. The van der Waals surface area contributed by atoms with Gasteiger partial charge in [0.2, 0.25) is 23.7 Å². The molecule has 2 fully saturated rings. The number of amides is 1. The number of carboxylic acid groups (broad SMARTS) is 1. The Bertz CT molecular complexity index is 4340. The number of pyridine rings is 4. The highest BCUT2D eigenvalue weighted by Gasteiger charge is 2.47. The number of aromatic nitrogens is 8. The maximum Gasteiger partial charge on any atom is 0.341 e. The number of nitrogens with two attached hydrogens (primary N) is 2. The summed E-state index contributed by atoms with van der Waals surface area (Å²) in [4.78, 5) is 78.8. The van der Waals surface area contributed by atoms with Gasteiger partial charge in [-0.05, 0) is 95.4 Å². The lowest BCUT2D eigenvalue weighted by Crippen LogP contribution is -2.58. The molecule has 10 aromatic rings. The first-order valence-corrected chi connectivity index (χ1v) is 27.0. The average Bonchev–Trinajstić information content (AvgIpc) is 1.05. The number of nitrogens with one attached hydrogen (secondary N) is 3. The summed E-state index contributed by atoms with van der Waals surface area (Å²) < 4.78 is 63.8. The van der Waals surface area contributed by atoms with E-state index >= 15 is 0 Å². The molecule has 88 heavy (non-hydrogen) atoms. The van der Waals surface area contributed by atoms with Crippen molar-refractivity contribution in [2.24, 2.45) is 0 Å². The standard InChI is InChI=1S/C31H27F2N7O3.C28H24N6O4.C3H5F2N.ClH/c1-18(37-27-23(15-36-30(34)38-27)28(41)39-16-31(32,33)17-39)24-13-20-7-6-10-22(19-11-12-35-25(14-19)43-2)26(20)29(42)40(24)21-8-4-3-5-9-21;1-16(32-25-21(27(36)37)15-31-28(29)33-25)22-13-18-7-6-10-20(17-11-12-30-23(14-17)38-2)24(18)26(35)34(22)19-8-4-3-5-9-19;4-3(5)1-6-2-3;/h3-15,18H,16-17H2,1-2H3,(H3,34,36,37,38);3-16H,1-2H3,(H,36,37)(H3,29,31,32,33);6H,1-2H2;1H/t18-;16-;;/m00../s1. The van der Waals surface area contributed by atoms with Crippen LogP contribution in [0.5, 0.6) is 11.8 Å². The van der Waals surface area contributed by atoms with Crippen LogP contribution in [-0.4, -0.2) is 113 Å². The van der Waals surface area contributed by atoms with E-state index in [0.717, 1.165) is 33.2 Å². The highest BCUT2D eigenvalue weighted by Crippen LogP contribution is 2.35. The van der Waals surface area contributed by atoms with Crippen LogP contribution in [0.3, 0.4) is 0 Å². The van der Waals surface area contributed by atoms with Crippen LogP contribution in [0.1, 0.15) is 58.0 Å². The van der Waals surface area contributed by atoms with Gasteiger partial charge in [-0.1, -0.05) is 72.8 Å². The second kappa shape index (κ2) is 26.0. The van der Waals surface area contributed by atoms with Crippen LogP contribution in [0, 0.1) is 0 Å². The van der Waals surface area contributed by atoms with Crippen LogP contribution in [0.15, 0.2) is 168 Å². The number of halogens is 5. The van der Waals surface area contributed by atoms with Crippen molar-refractivity contribution in [2.75, 3.05) is 62.5 Å². The Balaban J connectivity index is 0.000000190. The zero-order valence-electron chi connectivity index (χ0n) is 47.5. The maximum atomic E-state index is 14.4. The van der Waals surface area contributed by atoms with E-state index in [0.29, 0.717) is 56.2 Å². The van der Waals surface area contributed by atoms with E-state index in [-0.39, 0.29) is 71.3 Å². The van der Waals surface area contributed by atoms with Gasteiger partial charge in [0, 0.05) is 59.7 Å². The number of ether oxygens (including phenoxy) is 2. The SMILES string of the molecule is COc1cc(-c2cccc3cc([C@H](C)Nc4nc(N)ncc4C(=O)N4CC(F)(F)C4)n(-c4ccccc4)c(=O)c23)ccn1.COc1cc(-c2cccc3cc([C@H](C)Nc4nc(N)ncc4C(=O)O)n(-c4ccccc4)c(=O)c23)ccn1.Cl.FC1(F)CNC1. The Hall–Kier alpha value is -10.5. The Labute approximate surface area is 505 Å². The summed E-state index contributed by atoms with van der Waals surface area (Å²) in [7, 11) is 3.07. The van der Waals surface area contributed by atoms with Crippen molar-refractivity contribution in [2.45, 2.75) is 37.8 Å². The van der Waals surface area contributed by atoms with Crippen molar-refractivity contribution in [3.63, 3.8) is 0 Å². The van der Waals surface area contributed by atoms with Crippen molar-refractivity contribution in [3.05, 3.63) is 201 Å². The molecule has 2 saturated heterocycles. The van der Waals surface area contributed by atoms with E-state index in [4.69, 9.17) is 20.9 Å². The van der Waals surface area contributed by atoms with Crippen LogP contribution < -0.4 is 48.0 Å². The average molecular weight is 1220 g/mol. The van der Waals surface area contributed by atoms with Crippen LogP contribution in [0.4, 0.5) is 41.1 Å². The molecule has 2 aliphatic rings. The fourth-order valence-corrected chi connectivity index (χ4v) is 9.97. The Kier molecular flexibility index (Phi) is 18.3. The molecule has 8 N–H and O–H groups in total. The number of hydrogen-bond donors (Lipinski definition) is 6. The van der Waals surface area contributed by atoms with E-state index in [2.05, 4.69) is 45.9 Å². The summed E-state index contributed by atoms with van der Waals surface area (Å²) >= 11 is 0. The first kappa shape index (κ1) is 62.0. The molecule has 452 valence electrons. The summed E-state index contributed by atoms with van der Waals surface area (Å²) in [6.45, 7) is 1.99. The molecule has 1 amide bonds. The van der Waals surface area contributed by atoms with Gasteiger partial charge in [0.1, 0.15) is 22.8 Å². The van der Waals surface area contributed by atoms with E-state index < -0.39 is 48.9 Å². The van der Waals surface area contributed by atoms with Crippen LogP contribution in [0.2, 0.25) is 0 Å². The van der Waals surface area contributed by atoms with E-state index in [9.17, 15) is 41.8 Å². The van der Waals surface area contributed by atoms with Crippen molar-refractivity contribution >= 4 is 69.4 Å². The number of methoxy groups -OCH3 is 2. The number of carbonyl (C=O) groups excluding carboxylic acids is 1. The Morgan fingerprint density at radius 1 is 0.602 bits per heavy atom. The lowest BCUT2D eigenvalue weighted by molar-refractivity contribution is -0.113. The summed E-state index contributed by atoms with van der Waals surface area (Å²) in [6.07, 6.45) is 5.63. The third-order valence-corrected chi connectivity index (χ3v) is 14.3. The molecule has 2 aliphatic heterocycles. The molecule has 8 heterocycles. The van der Waals surface area contributed by atoms with Crippen molar-refractivity contribution < 1.29 is 41.7 Å². The van der Waals surface area contributed by atoms with Crippen molar-refractivity contribution in [3.8, 4) is 45.4 Å². The number of nitrogens with zero attached hydrogens (tertiary/aromatic N) is 9. The summed E-state index contributed by atoms with van der Waals surface area (Å²) in [5.41, 5.74) is 16.4. The number of carbonyl (C=O) groups is 2. The fourth-order valence-electron chi connectivity index (χ4n) is 9.97. The van der Waals surface area contributed by atoms with E-state index in [1.54, 1.807) is 40.8 Å². The highest BCUT2D eigenvalue weighted by atomic mass is 35.5. The molecule has 0 bridgehead atoms. The van der Waals surface area contributed by atoms with Crippen LogP contribution >= 0.6 is 12.4 Å². The van der Waals surface area contributed by atoms with Gasteiger partial charge < -0.3 is 46.9 Å². The van der Waals surface area contributed by atoms with Gasteiger partial charge in [-0.15, -0.1) is 12.4 Å². The van der Waals surface area contributed by atoms with E-state index in [1.165, 1.54) is 13.3 Å². The minimum absolute atomic E-state index is 0. The van der Waals surface area contributed by atoms with Crippen molar-refractivity contribution in [1.29, 1.82) is 0 Å². The topological polar surface area (TPSA) is 286 Å². The molecular formula is C62H57ClF4N14O7. The number of fused-ring (bicyclic) bond motifs is 2. The van der Waals surface area contributed by atoms with Crippen LogP contribution in [0.25, 0.3) is 55.2 Å². The largest absolute Gasteiger partial charge is 0.481 e. The molecule has 0 saturated carbocycles. The van der Waals surface area contributed by atoms with E-state index in [1.807, 2.05) is 135 Å². The second-order valence-corrected chi connectivity index (χ2v) is 20.3. The number of hydrogen-bond acceptors (Lipinski definition) is 17. The first-order chi connectivity index (χ1) is 41.7. The van der Waals surface area contributed by atoms with Gasteiger partial charge in [-0.3, -0.25) is 23.5 Å². The Morgan fingerprint density at radius 2 is 1.02 bits per heavy atom. The molecule has 6 aromatic heterocycles. The number of nitrogen functional groups attached to an aromatic ring is 2. The second-order valence-electron chi connectivity index (χ2n) is 20.3. The lowest BCUT2D eigenvalue weighted by atomic mass is 9.98. The number of carboxylic acids is 1. The van der Waals surface area contributed by atoms with Gasteiger partial charge in [-0.25, -0.2) is 42.3 Å².